The number of rotatable bonds is 6. The summed E-state index contributed by atoms with van der Waals surface area (Å²) in [6.07, 6.45) is 3.83. The van der Waals surface area contributed by atoms with Crippen molar-refractivity contribution in [3.63, 3.8) is 0 Å². The first kappa shape index (κ1) is 17.0. The molecule has 22 heavy (non-hydrogen) atoms. The lowest BCUT2D eigenvalue weighted by molar-refractivity contribution is -0.137. The topological polar surface area (TPSA) is 57.6 Å². The lowest BCUT2D eigenvalue weighted by Gasteiger charge is -2.32. The number of aliphatic carboxylic acids is 1. The smallest absolute Gasteiger partial charge is 0.303 e. The Morgan fingerprint density at radius 1 is 1.14 bits per heavy atom. The zero-order valence-electron chi connectivity index (χ0n) is 12.6. The molecule has 0 bridgehead atoms. The summed E-state index contributed by atoms with van der Waals surface area (Å²) in [5.41, 5.74) is 1.33. The summed E-state index contributed by atoms with van der Waals surface area (Å²) in [6, 6.07) is 8.29. The van der Waals surface area contributed by atoms with Gasteiger partial charge in [0.1, 0.15) is 0 Å². The predicted octanol–water partition coefficient (Wildman–Crippen LogP) is 3.80. The fourth-order valence-electron chi connectivity index (χ4n) is 2.96. The van der Waals surface area contributed by atoms with Crippen LogP contribution < -0.4 is 0 Å². The Labute approximate surface area is 139 Å². The van der Waals surface area contributed by atoms with Gasteiger partial charge in [0.15, 0.2) is 0 Å². The van der Waals surface area contributed by atoms with Gasteiger partial charge in [0.2, 0.25) is 5.91 Å². The van der Waals surface area contributed by atoms with E-state index in [-0.39, 0.29) is 12.3 Å². The highest BCUT2D eigenvalue weighted by Gasteiger charge is 2.24. The predicted molar refractivity (Wildman–Crippen MR) is 88.8 cm³/mol. The first-order valence-electron chi connectivity index (χ1n) is 7.82. The van der Waals surface area contributed by atoms with Crippen LogP contribution in [-0.2, 0) is 9.59 Å². The number of halogens is 1. The quantitative estimate of drug-likeness (QED) is 0.777. The first-order valence-corrected chi connectivity index (χ1v) is 8.61. The van der Waals surface area contributed by atoms with Crippen LogP contribution in [0, 0.1) is 0 Å². The molecule has 5 heteroatoms. The third-order valence-corrected chi connectivity index (χ3v) is 4.95. The van der Waals surface area contributed by atoms with Crippen LogP contribution in [-0.4, -0.2) is 35.0 Å². The van der Waals surface area contributed by atoms with Crippen molar-refractivity contribution >= 4 is 27.8 Å². The second-order valence-electron chi connectivity index (χ2n) is 5.78. The number of carbonyl (C=O) groups excluding carboxylic acids is 1. The minimum atomic E-state index is -0.790. The molecule has 1 aromatic carbocycles. The molecule has 2 rings (SSSR count). The van der Waals surface area contributed by atoms with E-state index in [1.54, 1.807) is 0 Å². The number of piperidine rings is 1. The minimum absolute atomic E-state index is 0.150. The summed E-state index contributed by atoms with van der Waals surface area (Å²) >= 11 is 3.60. The molecular formula is C17H22BrNO3. The largest absolute Gasteiger partial charge is 0.481 e. The van der Waals surface area contributed by atoms with E-state index in [9.17, 15) is 9.59 Å². The molecule has 0 unspecified atom stereocenters. The van der Waals surface area contributed by atoms with Gasteiger partial charge in [-0.25, -0.2) is 0 Å². The summed E-state index contributed by atoms with van der Waals surface area (Å²) in [4.78, 5) is 24.5. The van der Waals surface area contributed by atoms with Crippen molar-refractivity contribution < 1.29 is 14.7 Å². The van der Waals surface area contributed by atoms with Gasteiger partial charge in [-0.3, -0.25) is 9.59 Å². The van der Waals surface area contributed by atoms with E-state index < -0.39 is 5.97 Å². The van der Waals surface area contributed by atoms with Gasteiger partial charge < -0.3 is 10.0 Å². The van der Waals surface area contributed by atoms with Crippen molar-refractivity contribution in [1.29, 1.82) is 0 Å². The molecule has 0 saturated carbocycles. The monoisotopic (exact) mass is 367 g/mol. The minimum Gasteiger partial charge on any atom is -0.481 e. The van der Waals surface area contributed by atoms with Crippen LogP contribution in [0.25, 0.3) is 0 Å². The van der Waals surface area contributed by atoms with Crippen molar-refractivity contribution in [3.05, 3.63) is 34.3 Å². The number of nitrogens with zero attached hydrogens (tertiary/aromatic N) is 1. The highest BCUT2D eigenvalue weighted by molar-refractivity contribution is 9.10. The average molecular weight is 368 g/mol. The van der Waals surface area contributed by atoms with Gasteiger partial charge in [-0.15, -0.1) is 0 Å². The van der Waals surface area contributed by atoms with Gasteiger partial charge in [0, 0.05) is 30.4 Å². The number of unbranched alkanes of at least 4 members (excludes halogenated alkanes) is 1. The van der Waals surface area contributed by atoms with Crippen LogP contribution in [0.15, 0.2) is 28.7 Å². The standard InChI is InChI=1S/C17H22BrNO3/c18-15-6-2-1-5-14(15)13-9-11-19(12-10-13)16(20)7-3-4-8-17(21)22/h1-2,5-6,13H,3-4,7-12H2,(H,21,22). The number of carbonyl (C=O) groups is 2. The summed E-state index contributed by atoms with van der Waals surface area (Å²) in [6.45, 7) is 1.59. The Kier molecular flexibility index (Phi) is 6.43. The molecule has 0 atom stereocenters. The van der Waals surface area contributed by atoms with E-state index in [1.165, 1.54) is 5.56 Å². The van der Waals surface area contributed by atoms with Crippen molar-refractivity contribution in [2.24, 2.45) is 0 Å². The molecule has 0 radical (unpaired) electrons. The maximum atomic E-state index is 12.1. The van der Waals surface area contributed by atoms with Gasteiger partial charge in [-0.2, -0.15) is 0 Å². The number of benzene rings is 1. The summed E-state index contributed by atoms with van der Waals surface area (Å²) < 4.78 is 1.15. The summed E-state index contributed by atoms with van der Waals surface area (Å²) in [5, 5.41) is 8.59. The average Bonchev–Trinajstić information content (AvgIpc) is 2.52. The molecular weight excluding hydrogens is 346 g/mol. The maximum absolute atomic E-state index is 12.1. The van der Waals surface area contributed by atoms with Crippen molar-refractivity contribution in [2.45, 2.75) is 44.4 Å². The van der Waals surface area contributed by atoms with Crippen molar-refractivity contribution in [3.8, 4) is 0 Å². The Hall–Kier alpha value is -1.36. The molecule has 1 saturated heterocycles. The third kappa shape index (κ3) is 4.83. The lowest BCUT2D eigenvalue weighted by Crippen LogP contribution is -2.37. The van der Waals surface area contributed by atoms with Gasteiger partial charge in [-0.1, -0.05) is 34.1 Å². The second-order valence-corrected chi connectivity index (χ2v) is 6.63. The summed E-state index contributed by atoms with van der Waals surface area (Å²) in [5.74, 6) is -0.121. The SMILES string of the molecule is O=C(O)CCCCC(=O)N1CCC(c2ccccc2Br)CC1. The lowest BCUT2D eigenvalue weighted by atomic mass is 9.89. The zero-order chi connectivity index (χ0) is 15.9. The van der Waals surface area contributed by atoms with Gasteiger partial charge in [0.05, 0.1) is 0 Å². The zero-order valence-corrected chi connectivity index (χ0v) is 14.2. The third-order valence-electron chi connectivity index (χ3n) is 4.22. The molecule has 4 nitrogen and oxygen atoms in total. The Morgan fingerprint density at radius 3 is 2.41 bits per heavy atom. The van der Waals surface area contributed by atoms with Gasteiger partial charge >= 0.3 is 5.97 Å². The van der Waals surface area contributed by atoms with Crippen molar-refractivity contribution in [1.82, 2.24) is 4.90 Å². The molecule has 0 aromatic heterocycles. The maximum Gasteiger partial charge on any atom is 0.303 e. The number of amides is 1. The van der Waals surface area contributed by atoms with E-state index in [4.69, 9.17) is 5.11 Å². The molecule has 1 fully saturated rings. The molecule has 1 N–H and O–H groups in total. The number of carboxylic acid groups (broad SMARTS) is 1. The fourth-order valence-corrected chi connectivity index (χ4v) is 3.57. The van der Waals surface area contributed by atoms with Gasteiger partial charge in [0.25, 0.3) is 0 Å². The Morgan fingerprint density at radius 2 is 1.77 bits per heavy atom. The van der Waals surface area contributed by atoms with E-state index in [2.05, 4.69) is 34.1 Å². The molecule has 0 spiro atoms. The van der Waals surface area contributed by atoms with Crippen LogP contribution in [0.3, 0.4) is 0 Å². The molecule has 120 valence electrons. The highest BCUT2D eigenvalue weighted by Crippen LogP contribution is 2.32. The molecule has 1 aliphatic rings. The second kappa shape index (κ2) is 8.32. The van der Waals surface area contributed by atoms with Crippen LogP contribution in [0.1, 0.15) is 50.0 Å². The normalized spacial score (nSPS) is 15.8. The van der Waals surface area contributed by atoms with Crippen LogP contribution in [0.4, 0.5) is 0 Å². The number of likely N-dealkylation sites (tertiary alicyclic amines) is 1. The first-order chi connectivity index (χ1) is 10.6. The molecule has 1 aliphatic heterocycles. The highest BCUT2D eigenvalue weighted by atomic mass is 79.9. The summed E-state index contributed by atoms with van der Waals surface area (Å²) in [7, 11) is 0. The Balaban J connectivity index is 1.76. The Bertz CT molecular complexity index is 524. The van der Waals surface area contributed by atoms with Gasteiger partial charge in [-0.05, 0) is 43.2 Å². The van der Waals surface area contributed by atoms with Crippen molar-refractivity contribution in [2.75, 3.05) is 13.1 Å². The number of hydrogen-bond acceptors (Lipinski definition) is 2. The number of carboxylic acids is 1. The number of hydrogen-bond donors (Lipinski definition) is 1. The van der Waals surface area contributed by atoms with Crippen LogP contribution in [0.5, 0.6) is 0 Å². The fraction of sp³-hybridized carbons (Fsp3) is 0.529. The van der Waals surface area contributed by atoms with Crippen LogP contribution in [0.2, 0.25) is 0 Å². The molecule has 1 heterocycles. The van der Waals surface area contributed by atoms with E-state index in [1.807, 2.05) is 11.0 Å². The molecule has 0 aliphatic carbocycles. The molecule has 1 aromatic rings. The van der Waals surface area contributed by atoms with E-state index >= 15 is 0 Å². The van der Waals surface area contributed by atoms with E-state index in [0.717, 1.165) is 30.4 Å². The molecule has 1 amide bonds. The van der Waals surface area contributed by atoms with E-state index in [0.29, 0.717) is 25.2 Å². The van der Waals surface area contributed by atoms with Crippen LogP contribution >= 0.6 is 15.9 Å².